The van der Waals surface area contributed by atoms with E-state index in [2.05, 4.69) is 34.1 Å². The molecule has 2 heterocycles. The first-order valence-electron chi connectivity index (χ1n) is 10.2. The molecule has 0 amide bonds. The van der Waals surface area contributed by atoms with Gasteiger partial charge in [-0.3, -0.25) is 9.48 Å². The van der Waals surface area contributed by atoms with E-state index in [-0.39, 0.29) is 12.3 Å². The molecule has 0 spiro atoms. The highest BCUT2D eigenvalue weighted by Gasteiger charge is 2.22. The second-order valence-corrected chi connectivity index (χ2v) is 7.48. The number of fused-ring (bicyclic) bond motifs is 1. The van der Waals surface area contributed by atoms with Gasteiger partial charge in [0.25, 0.3) is 0 Å². The van der Waals surface area contributed by atoms with Gasteiger partial charge < -0.3 is 14.8 Å². The van der Waals surface area contributed by atoms with E-state index < -0.39 is 23.8 Å². The third-order valence-electron chi connectivity index (χ3n) is 5.07. The van der Waals surface area contributed by atoms with E-state index in [9.17, 15) is 14.3 Å². The first-order valence-corrected chi connectivity index (χ1v) is 10.2. The Balaban J connectivity index is 1.57. The highest BCUT2D eigenvalue weighted by atomic mass is 19.1. The molecule has 1 fully saturated rings. The van der Waals surface area contributed by atoms with Gasteiger partial charge in [0, 0.05) is 36.0 Å². The Morgan fingerprint density at radius 2 is 2.19 bits per heavy atom. The third kappa shape index (κ3) is 5.14. The molecule has 0 radical (unpaired) electrons. The number of nitrogens with one attached hydrogen (secondary N) is 1. The normalized spacial score (nSPS) is 13.8. The molecule has 0 bridgehead atoms. The second-order valence-electron chi connectivity index (χ2n) is 7.48. The van der Waals surface area contributed by atoms with Crippen molar-refractivity contribution in [3.05, 3.63) is 58.3 Å². The smallest absolute Gasteiger partial charge is 0.226 e. The van der Waals surface area contributed by atoms with Crippen LogP contribution in [0.3, 0.4) is 0 Å². The lowest BCUT2D eigenvalue weighted by Crippen LogP contribution is -2.27. The zero-order valence-corrected chi connectivity index (χ0v) is 16.9. The van der Waals surface area contributed by atoms with Crippen LogP contribution >= 0.6 is 0 Å². The fourth-order valence-corrected chi connectivity index (χ4v) is 3.29. The second kappa shape index (κ2) is 9.51. The number of nitrogens with zero attached hydrogens (tertiary/aromatic N) is 2. The van der Waals surface area contributed by atoms with Crippen LogP contribution in [-0.2, 0) is 6.54 Å². The van der Waals surface area contributed by atoms with Crippen molar-refractivity contribution in [1.29, 1.82) is 0 Å². The van der Waals surface area contributed by atoms with E-state index in [1.54, 1.807) is 10.9 Å². The number of rotatable bonds is 7. The number of aromatic nitrogens is 2. The van der Waals surface area contributed by atoms with Crippen LogP contribution in [0.15, 0.2) is 45.9 Å². The topological polar surface area (TPSA) is 80.3 Å². The summed E-state index contributed by atoms with van der Waals surface area (Å²) < 4.78 is 19.7. The number of halogens is 1. The van der Waals surface area contributed by atoms with Crippen molar-refractivity contribution in [3.63, 3.8) is 0 Å². The van der Waals surface area contributed by atoms with Crippen molar-refractivity contribution in [2.24, 2.45) is 5.92 Å². The summed E-state index contributed by atoms with van der Waals surface area (Å²) in [4.78, 5) is 11.8. The van der Waals surface area contributed by atoms with E-state index in [4.69, 9.17) is 4.42 Å². The summed E-state index contributed by atoms with van der Waals surface area (Å²) in [7, 11) is 0. The van der Waals surface area contributed by atoms with Crippen LogP contribution in [0.25, 0.3) is 10.9 Å². The number of alkyl halides is 1. The standard InChI is InChI=1S/C24H22FN3O3/c25-10-11-26-14-20(24-23(30)22(29)9-12-31-24)16-28-21-8-7-18(13-19(21)15-27-28)4-2-1-3-17-5-6-17/h7-9,12-13,15,17,20,26,30H,5-6,10-11,14,16H2. The van der Waals surface area contributed by atoms with Crippen molar-refractivity contribution in [2.75, 3.05) is 19.8 Å². The van der Waals surface area contributed by atoms with Crippen molar-refractivity contribution < 1.29 is 13.9 Å². The molecular weight excluding hydrogens is 397 g/mol. The van der Waals surface area contributed by atoms with E-state index in [1.807, 2.05) is 18.2 Å². The molecule has 6 nitrogen and oxygen atoms in total. The largest absolute Gasteiger partial charge is 0.502 e. The third-order valence-corrected chi connectivity index (χ3v) is 5.07. The molecule has 3 aromatic rings. The molecule has 0 aliphatic heterocycles. The van der Waals surface area contributed by atoms with E-state index in [0.717, 1.165) is 22.5 Å². The van der Waals surface area contributed by atoms with Gasteiger partial charge in [0.2, 0.25) is 11.2 Å². The highest BCUT2D eigenvalue weighted by Crippen LogP contribution is 2.27. The van der Waals surface area contributed by atoms with Crippen LogP contribution in [0, 0.1) is 29.6 Å². The monoisotopic (exact) mass is 419 g/mol. The molecule has 1 atom stereocenters. The molecule has 1 unspecified atom stereocenters. The fraction of sp³-hybridized carbons (Fsp3) is 0.333. The number of hydrogen-bond acceptors (Lipinski definition) is 5. The molecule has 1 aromatic carbocycles. The molecule has 0 saturated heterocycles. The van der Waals surface area contributed by atoms with Gasteiger partial charge in [0.15, 0.2) is 5.76 Å². The lowest BCUT2D eigenvalue weighted by atomic mass is 10.0. The number of aromatic hydroxyl groups is 1. The number of benzene rings is 1. The summed E-state index contributed by atoms with van der Waals surface area (Å²) in [6, 6.07) is 6.93. The van der Waals surface area contributed by atoms with Gasteiger partial charge in [-0.15, -0.1) is 0 Å². The average molecular weight is 419 g/mol. The molecule has 1 aliphatic rings. The molecule has 1 aliphatic carbocycles. The summed E-state index contributed by atoms with van der Waals surface area (Å²) in [6.07, 6.45) is 5.34. The Morgan fingerprint density at radius 3 is 3.00 bits per heavy atom. The first-order chi connectivity index (χ1) is 15.2. The Hall–Kier alpha value is -3.55. The minimum Gasteiger partial charge on any atom is -0.502 e. The maximum Gasteiger partial charge on any atom is 0.226 e. The molecule has 7 heteroatoms. The molecule has 4 rings (SSSR count). The van der Waals surface area contributed by atoms with Crippen LogP contribution in [0.1, 0.15) is 30.1 Å². The summed E-state index contributed by atoms with van der Waals surface area (Å²) in [6.45, 7) is 0.299. The van der Waals surface area contributed by atoms with Crippen LogP contribution in [0.5, 0.6) is 5.75 Å². The number of hydrogen-bond donors (Lipinski definition) is 2. The van der Waals surface area contributed by atoms with Gasteiger partial charge in [0.1, 0.15) is 6.67 Å². The van der Waals surface area contributed by atoms with Crippen molar-refractivity contribution in [3.8, 4) is 29.4 Å². The summed E-state index contributed by atoms with van der Waals surface area (Å²) >= 11 is 0. The minimum atomic E-state index is -0.518. The molecular formula is C24H22FN3O3. The maximum absolute atomic E-state index is 12.5. The zero-order valence-electron chi connectivity index (χ0n) is 16.9. The zero-order chi connectivity index (χ0) is 21.6. The van der Waals surface area contributed by atoms with Gasteiger partial charge in [-0.2, -0.15) is 5.10 Å². The quantitative estimate of drug-likeness (QED) is 0.455. The SMILES string of the molecule is O=c1ccoc(C(CNCCF)Cn2ncc3cc(C#CC#CC4CC4)ccc32)c1O. The first kappa shape index (κ1) is 20.7. The van der Waals surface area contributed by atoms with Crippen molar-refractivity contribution in [1.82, 2.24) is 15.1 Å². The van der Waals surface area contributed by atoms with Gasteiger partial charge in [-0.25, -0.2) is 4.39 Å². The Labute approximate surface area is 179 Å². The average Bonchev–Trinajstić information content (AvgIpc) is 3.52. The van der Waals surface area contributed by atoms with Gasteiger partial charge >= 0.3 is 0 Å². The molecule has 158 valence electrons. The predicted molar refractivity (Wildman–Crippen MR) is 115 cm³/mol. The molecule has 31 heavy (non-hydrogen) atoms. The van der Waals surface area contributed by atoms with Crippen LogP contribution < -0.4 is 10.7 Å². The predicted octanol–water partition coefficient (Wildman–Crippen LogP) is 2.80. The van der Waals surface area contributed by atoms with Gasteiger partial charge in [0.05, 0.1) is 30.4 Å². The molecule has 2 N–H and O–H groups in total. The van der Waals surface area contributed by atoms with Crippen LogP contribution in [0.2, 0.25) is 0 Å². The lowest BCUT2D eigenvalue weighted by molar-refractivity contribution is 0.346. The minimum absolute atomic E-state index is 0.152. The Bertz CT molecular complexity index is 1250. The highest BCUT2D eigenvalue weighted by molar-refractivity contribution is 5.80. The fourth-order valence-electron chi connectivity index (χ4n) is 3.29. The van der Waals surface area contributed by atoms with E-state index in [1.165, 1.54) is 19.1 Å². The van der Waals surface area contributed by atoms with E-state index >= 15 is 0 Å². The van der Waals surface area contributed by atoms with Crippen LogP contribution in [-0.4, -0.2) is 34.7 Å². The lowest BCUT2D eigenvalue weighted by Gasteiger charge is -2.17. The van der Waals surface area contributed by atoms with Gasteiger partial charge in [-0.1, -0.05) is 11.8 Å². The molecule has 1 saturated carbocycles. The maximum atomic E-state index is 12.5. The molecule has 2 aromatic heterocycles. The Kier molecular flexibility index (Phi) is 6.35. The summed E-state index contributed by atoms with van der Waals surface area (Å²) in [5, 5.41) is 18.5. The van der Waals surface area contributed by atoms with Gasteiger partial charge in [-0.05, 0) is 42.9 Å². The summed E-state index contributed by atoms with van der Waals surface area (Å²) in [5.74, 6) is 11.8. The van der Waals surface area contributed by atoms with Crippen LogP contribution in [0.4, 0.5) is 4.39 Å². The van der Waals surface area contributed by atoms with E-state index in [0.29, 0.717) is 19.0 Å². The van der Waals surface area contributed by atoms with Crippen molar-refractivity contribution >= 4 is 10.9 Å². The van der Waals surface area contributed by atoms with Crippen molar-refractivity contribution in [2.45, 2.75) is 25.3 Å². The summed E-state index contributed by atoms with van der Waals surface area (Å²) in [5.41, 5.74) is 1.21. The Morgan fingerprint density at radius 1 is 1.32 bits per heavy atom.